The van der Waals surface area contributed by atoms with Crippen molar-refractivity contribution in [2.45, 2.75) is 0 Å². The molecule has 0 atom stereocenters. The fraction of sp³-hybridized carbons (Fsp3) is 0. The molecule has 0 unspecified atom stereocenters. The number of carbonyl (C=O) groups excluding carboxylic acids is 1. The largest absolute Gasteiger partial charge is 0.508 e. The number of ether oxygens (including phenoxy) is 1. The Morgan fingerprint density at radius 3 is 2.00 bits per heavy atom. The highest BCUT2D eigenvalue weighted by atomic mass is 19.1. The fourth-order valence-corrected chi connectivity index (χ4v) is 2.06. The van der Waals surface area contributed by atoms with Crippen molar-refractivity contribution in [3.05, 3.63) is 84.2 Å². The van der Waals surface area contributed by atoms with Crippen LogP contribution < -0.4 is 15.6 Å². The van der Waals surface area contributed by atoms with Crippen molar-refractivity contribution < 1.29 is 19.0 Å². The molecule has 0 aliphatic heterocycles. The third kappa shape index (κ3) is 4.48. The predicted octanol–water partition coefficient (Wildman–Crippen LogP) is 4.08. The molecule has 3 N–H and O–H groups in total. The Morgan fingerprint density at radius 1 is 0.840 bits per heavy atom. The van der Waals surface area contributed by atoms with Crippen LogP contribution in [-0.4, -0.2) is 11.0 Å². The van der Waals surface area contributed by atoms with Gasteiger partial charge in [-0.2, -0.15) is 0 Å². The first-order valence-electron chi connectivity index (χ1n) is 7.49. The van der Waals surface area contributed by atoms with E-state index >= 15 is 0 Å². The summed E-state index contributed by atoms with van der Waals surface area (Å²) < 4.78 is 18.4. The van der Waals surface area contributed by atoms with E-state index in [0.717, 1.165) is 0 Å². The Bertz CT molecular complexity index is 847. The molecule has 0 fully saturated rings. The Hall–Kier alpha value is -3.54. The molecule has 3 rings (SSSR count). The number of anilines is 1. The van der Waals surface area contributed by atoms with Crippen LogP contribution in [-0.2, 0) is 0 Å². The van der Waals surface area contributed by atoms with Crippen molar-refractivity contribution >= 4 is 11.6 Å². The average Bonchev–Trinajstić information content (AvgIpc) is 2.63. The van der Waals surface area contributed by atoms with Gasteiger partial charge in [0.1, 0.15) is 23.1 Å². The number of hydrogen-bond donors (Lipinski definition) is 3. The predicted molar refractivity (Wildman–Crippen MR) is 92.1 cm³/mol. The molecule has 6 heteroatoms. The molecule has 0 heterocycles. The van der Waals surface area contributed by atoms with Crippen LogP contribution in [0.3, 0.4) is 0 Å². The third-order valence-corrected chi connectivity index (χ3v) is 3.35. The van der Waals surface area contributed by atoms with Crippen molar-refractivity contribution in [3.8, 4) is 17.2 Å². The lowest BCUT2D eigenvalue weighted by Gasteiger charge is -2.09. The van der Waals surface area contributed by atoms with Crippen LogP contribution in [0, 0.1) is 5.82 Å². The Balaban J connectivity index is 1.58. The number of carbonyl (C=O) groups is 1. The van der Waals surface area contributed by atoms with Gasteiger partial charge in [0.05, 0.1) is 5.69 Å². The number of hydrazine groups is 1. The first-order chi connectivity index (χ1) is 12.1. The number of rotatable bonds is 5. The number of halogens is 1. The van der Waals surface area contributed by atoms with Crippen LogP contribution in [0.1, 0.15) is 10.4 Å². The number of amides is 1. The zero-order valence-corrected chi connectivity index (χ0v) is 13.1. The molecule has 126 valence electrons. The van der Waals surface area contributed by atoms with Gasteiger partial charge in [-0.15, -0.1) is 0 Å². The Morgan fingerprint density at radius 2 is 1.40 bits per heavy atom. The summed E-state index contributed by atoms with van der Waals surface area (Å²) in [5, 5.41) is 9.24. The highest BCUT2D eigenvalue weighted by Gasteiger charge is 2.06. The number of nitrogens with one attached hydrogen (secondary N) is 2. The second-order valence-corrected chi connectivity index (χ2v) is 5.21. The summed E-state index contributed by atoms with van der Waals surface area (Å²) in [5.41, 5.74) is 6.25. The Kier molecular flexibility index (Phi) is 4.80. The average molecular weight is 338 g/mol. The first-order valence-corrected chi connectivity index (χ1v) is 7.49. The number of phenolic OH excluding ortho intramolecular Hbond substituents is 1. The molecule has 3 aromatic rings. The van der Waals surface area contributed by atoms with Gasteiger partial charge in [-0.3, -0.25) is 15.6 Å². The van der Waals surface area contributed by atoms with Gasteiger partial charge in [0.15, 0.2) is 0 Å². The highest BCUT2D eigenvalue weighted by molar-refractivity contribution is 5.94. The fourth-order valence-electron chi connectivity index (χ4n) is 2.06. The summed E-state index contributed by atoms with van der Waals surface area (Å²) in [6.45, 7) is 0. The molecular weight excluding hydrogens is 323 g/mol. The SMILES string of the molecule is O=C(NNc1ccc(F)cc1)c1ccc(Oc2ccc(O)cc2)cc1. The lowest BCUT2D eigenvalue weighted by molar-refractivity contribution is 0.0962. The molecule has 0 radical (unpaired) electrons. The normalized spacial score (nSPS) is 10.1. The molecule has 0 bridgehead atoms. The van der Waals surface area contributed by atoms with Crippen molar-refractivity contribution in [2.24, 2.45) is 0 Å². The lowest BCUT2D eigenvalue weighted by Crippen LogP contribution is -2.29. The molecule has 0 saturated carbocycles. The maximum Gasteiger partial charge on any atom is 0.269 e. The van der Waals surface area contributed by atoms with Gasteiger partial charge in [0.2, 0.25) is 0 Å². The van der Waals surface area contributed by atoms with Gasteiger partial charge in [-0.25, -0.2) is 4.39 Å². The third-order valence-electron chi connectivity index (χ3n) is 3.35. The van der Waals surface area contributed by atoms with Crippen LogP contribution in [0.4, 0.5) is 10.1 Å². The summed E-state index contributed by atoms with van der Waals surface area (Å²) in [7, 11) is 0. The van der Waals surface area contributed by atoms with Gasteiger partial charge in [-0.1, -0.05) is 0 Å². The van der Waals surface area contributed by atoms with Gasteiger partial charge in [0.25, 0.3) is 5.91 Å². The summed E-state index contributed by atoms with van der Waals surface area (Å²) in [6.07, 6.45) is 0. The van der Waals surface area contributed by atoms with E-state index in [1.807, 2.05) is 0 Å². The molecule has 25 heavy (non-hydrogen) atoms. The summed E-state index contributed by atoms with van der Waals surface area (Å²) >= 11 is 0. The van der Waals surface area contributed by atoms with Crippen LogP contribution in [0.15, 0.2) is 72.8 Å². The number of hydrogen-bond acceptors (Lipinski definition) is 4. The highest BCUT2D eigenvalue weighted by Crippen LogP contribution is 2.23. The standard InChI is InChI=1S/C19H15FN2O3/c20-14-3-5-15(6-4-14)21-22-19(24)13-1-9-17(10-2-13)25-18-11-7-16(23)8-12-18/h1-12,21,23H,(H,22,24). The van der Waals surface area contributed by atoms with Crippen LogP contribution in [0.25, 0.3) is 0 Å². The van der Waals surface area contributed by atoms with Gasteiger partial charge >= 0.3 is 0 Å². The van der Waals surface area contributed by atoms with E-state index in [4.69, 9.17) is 4.74 Å². The van der Waals surface area contributed by atoms with Crippen molar-refractivity contribution in [1.82, 2.24) is 5.43 Å². The molecule has 0 aromatic heterocycles. The van der Waals surface area contributed by atoms with E-state index in [1.54, 1.807) is 36.4 Å². The minimum absolute atomic E-state index is 0.160. The van der Waals surface area contributed by atoms with E-state index in [0.29, 0.717) is 22.7 Å². The molecule has 3 aromatic carbocycles. The maximum absolute atomic E-state index is 12.8. The van der Waals surface area contributed by atoms with E-state index in [2.05, 4.69) is 10.9 Å². The van der Waals surface area contributed by atoms with Crippen molar-refractivity contribution in [2.75, 3.05) is 5.43 Å². The van der Waals surface area contributed by atoms with Gasteiger partial charge in [0, 0.05) is 5.56 Å². The van der Waals surface area contributed by atoms with Crippen LogP contribution >= 0.6 is 0 Å². The summed E-state index contributed by atoms with van der Waals surface area (Å²) in [5.74, 6) is 0.622. The minimum Gasteiger partial charge on any atom is -0.508 e. The van der Waals surface area contributed by atoms with Crippen molar-refractivity contribution in [1.29, 1.82) is 0 Å². The summed E-state index contributed by atoms with van der Waals surface area (Å²) in [4.78, 5) is 12.1. The quantitative estimate of drug-likeness (QED) is 0.613. The van der Waals surface area contributed by atoms with E-state index in [9.17, 15) is 14.3 Å². The number of aromatic hydroxyl groups is 1. The summed E-state index contributed by atoms with van der Waals surface area (Å²) in [6, 6.07) is 18.5. The van der Waals surface area contributed by atoms with E-state index in [-0.39, 0.29) is 17.5 Å². The molecule has 0 aliphatic rings. The van der Waals surface area contributed by atoms with E-state index in [1.165, 1.54) is 36.4 Å². The molecular formula is C19H15FN2O3. The topological polar surface area (TPSA) is 70.6 Å². The van der Waals surface area contributed by atoms with Crippen molar-refractivity contribution in [3.63, 3.8) is 0 Å². The zero-order valence-electron chi connectivity index (χ0n) is 13.1. The molecule has 0 aliphatic carbocycles. The second kappa shape index (κ2) is 7.35. The van der Waals surface area contributed by atoms with Gasteiger partial charge in [-0.05, 0) is 72.8 Å². The smallest absolute Gasteiger partial charge is 0.269 e. The number of benzene rings is 3. The lowest BCUT2D eigenvalue weighted by atomic mass is 10.2. The second-order valence-electron chi connectivity index (χ2n) is 5.21. The maximum atomic E-state index is 12.8. The zero-order chi connectivity index (χ0) is 17.6. The van der Waals surface area contributed by atoms with Crippen LogP contribution in [0.2, 0.25) is 0 Å². The monoisotopic (exact) mass is 338 g/mol. The molecule has 0 saturated heterocycles. The Labute approximate surface area is 143 Å². The molecule has 0 spiro atoms. The van der Waals surface area contributed by atoms with E-state index < -0.39 is 0 Å². The molecule has 1 amide bonds. The number of phenols is 1. The minimum atomic E-state index is -0.346. The first kappa shape index (κ1) is 16.3. The van der Waals surface area contributed by atoms with Crippen LogP contribution in [0.5, 0.6) is 17.2 Å². The van der Waals surface area contributed by atoms with Gasteiger partial charge < -0.3 is 9.84 Å². The molecule has 5 nitrogen and oxygen atoms in total.